The molecule has 0 saturated heterocycles. The van der Waals surface area contributed by atoms with Crippen LogP contribution in [0.5, 0.6) is 5.75 Å². The van der Waals surface area contributed by atoms with Crippen molar-refractivity contribution < 1.29 is 34.8 Å². The topological polar surface area (TPSA) is 158 Å². The van der Waals surface area contributed by atoms with Crippen LogP contribution in [0.2, 0.25) is 19.6 Å². The number of aromatic hydroxyl groups is 1. The molecule has 5 rings (SSSR count). The molecule has 2 aromatic carbocycles. The molecule has 0 aromatic heterocycles. The lowest BCUT2D eigenvalue weighted by atomic mass is 9.60. The van der Waals surface area contributed by atoms with Crippen molar-refractivity contribution in [3.05, 3.63) is 81.3 Å². The molecule has 0 radical (unpaired) electrons. The van der Waals surface area contributed by atoms with Crippen molar-refractivity contribution in [3.8, 4) is 5.75 Å². The number of aryl methyl sites for hydroxylation is 2. The number of phenolic OH excluding ortho intramolecular Hbond substituents is 1. The number of allylic oxidation sites excluding steroid dienone is 2. The molecule has 0 aliphatic heterocycles. The van der Waals surface area contributed by atoms with Gasteiger partial charge in [-0.3, -0.25) is 14.4 Å². The van der Waals surface area contributed by atoms with Crippen LogP contribution < -0.4 is 10.9 Å². The van der Waals surface area contributed by atoms with E-state index in [4.69, 9.17) is 5.73 Å². The monoisotopic (exact) mass is 547 g/mol. The number of benzene rings is 2. The molecule has 0 saturated carbocycles. The molecule has 3 atom stereocenters. The number of hydrogen-bond acceptors (Lipinski definition) is 7. The maximum Gasteiger partial charge on any atom is 0.255 e. The first-order valence-electron chi connectivity index (χ1n) is 13.2. The summed E-state index contributed by atoms with van der Waals surface area (Å²) in [5.41, 5.74) is 4.59. The number of phenols is 1. The minimum absolute atomic E-state index is 0.0539. The van der Waals surface area contributed by atoms with E-state index in [1.54, 1.807) is 0 Å². The maximum absolute atomic E-state index is 13.7. The third kappa shape index (κ3) is 4.20. The molecule has 9 heteroatoms. The summed E-state index contributed by atoms with van der Waals surface area (Å²) in [5.74, 6) is -6.18. The van der Waals surface area contributed by atoms with Crippen molar-refractivity contribution in [2.75, 3.05) is 0 Å². The number of carbonyl (C=O) groups is 3. The highest BCUT2D eigenvalue weighted by atomic mass is 28.3. The molecule has 39 heavy (non-hydrogen) atoms. The molecule has 0 spiro atoms. The summed E-state index contributed by atoms with van der Waals surface area (Å²) in [6, 6.07) is 11.9. The van der Waals surface area contributed by atoms with Crippen LogP contribution in [0.4, 0.5) is 0 Å². The second-order valence-electron chi connectivity index (χ2n) is 12.0. The summed E-state index contributed by atoms with van der Waals surface area (Å²) in [6.07, 6.45) is 1.57. The number of fused-ring (bicyclic) bond motifs is 3. The van der Waals surface area contributed by atoms with Gasteiger partial charge in [-0.25, -0.2) is 0 Å². The van der Waals surface area contributed by atoms with Crippen molar-refractivity contribution in [3.63, 3.8) is 0 Å². The van der Waals surface area contributed by atoms with Crippen LogP contribution in [-0.4, -0.2) is 51.6 Å². The van der Waals surface area contributed by atoms with E-state index in [0.717, 1.165) is 17.5 Å². The van der Waals surface area contributed by atoms with Crippen LogP contribution in [0.3, 0.4) is 0 Å². The second-order valence-corrected chi connectivity index (χ2v) is 17.0. The van der Waals surface area contributed by atoms with E-state index < -0.39 is 60.1 Å². The van der Waals surface area contributed by atoms with E-state index in [1.807, 2.05) is 6.07 Å². The van der Waals surface area contributed by atoms with Crippen LogP contribution in [-0.2, 0) is 28.9 Å². The Bertz CT molecular complexity index is 1480. The first-order chi connectivity index (χ1) is 18.2. The molecule has 2 aromatic rings. The lowest BCUT2D eigenvalue weighted by Gasteiger charge is -2.45. The number of rotatable bonds is 5. The predicted octanol–water partition coefficient (Wildman–Crippen LogP) is 2.91. The molecule has 3 aliphatic rings. The molecular formula is C30H33NO7Si. The zero-order valence-corrected chi connectivity index (χ0v) is 23.2. The van der Waals surface area contributed by atoms with Gasteiger partial charge in [0.1, 0.15) is 22.8 Å². The molecule has 3 aliphatic carbocycles. The Labute approximate surface area is 227 Å². The lowest BCUT2D eigenvalue weighted by molar-refractivity contribution is -0.144. The average molecular weight is 548 g/mol. The van der Waals surface area contributed by atoms with E-state index in [9.17, 15) is 34.8 Å². The van der Waals surface area contributed by atoms with E-state index >= 15 is 0 Å². The molecule has 204 valence electrons. The van der Waals surface area contributed by atoms with E-state index in [-0.39, 0.29) is 29.7 Å². The first-order valence-corrected chi connectivity index (χ1v) is 16.7. The summed E-state index contributed by atoms with van der Waals surface area (Å²) < 4.78 is 0. The number of ketones is 2. The molecule has 0 heterocycles. The van der Waals surface area contributed by atoms with Gasteiger partial charge in [-0.05, 0) is 54.4 Å². The van der Waals surface area contributed by atoms with Gasteiger partial charge in [0.25, 0.3) is 5.91 Å². The fourth-order valence-electron chi connectivity index (χ4n) is 6.37. The van der Waals surface area contributed by atoms with Crippen molar-refractivity contribution in [1.82, 2.24) is 0 Å². The van der Waals surface area contributed by atoms with Crippen LogP contribution in [0.25, 0.3) is 0 Å². The number of nitrogens with two attached hydrogens (primary N) is 1. The summed E-state index contributed by atoms with van der Waals surface area (Å²) in [7, 11) is -1.41. The normalized spacial score (nSPS) is 24.8. The van der Waals surface area contributed by atoms with Crippen molar-refractivity contribution in [1.29, 1.82) is 0 Å². The highest BCUT2D eigenvalue weighted by Gasteiger charge is 2.59. The van der Waals surface area contributed by atoms with Crippen molar-refractivity contribution in [2.24, 2.45) is 17.6 Å². The SMILES string of the molecule is C[Si](C)(C)c1ccc(CCc2ccc(O)c3c2C[C@H]2C[C@H]4CC(O)=C(C(N)=O)C(=O)[C@@]4(O)C(O)=C2C3=O)cc1. The smallest absolute Gasteiger partial charge is 0.255 e. The molecule has 0 fully saturated rings. The molecular weight excluding hydrogens is 514 g/mol. The van der Waals surface area contributed by atoms with Crippen LogP contribution in [0.1, 0.15) is 39.9 Å². The van der Waals surface area contributed by atoms with Gasteiger partial charge in [-0.2, -0.15) is 0 Å². The van der Waals surface area contributed by atoms with Gasteiger partial charge in [0.2, 0.25) is 5.78 Å². The fourth-order valence-corrected chi connectivity index (χ4v) is 7.53. The zero-order valence-electron chi connectivity index (χ0n) is 22.2. The molecule has 8 nitrogen and oxygen atoms in total. The lowest BCUT2D eigenvalue weighted by Crippen LogP contribution is -2.57. The minimum Gasteiger partial charge on any atom is -0.511 e. The Morgan fingerprint density at radius 1 is 1.00 bits per heavy atom. The fraction of sp³-hybridized carbons (Fsp3) is 0.367. The number of hydrogen-bond donors (Lipinski definition) is 5. The zero-order chi connectivity index (χ0) is 28.4. The minimum atomic E-state index is -2.55. The Morgan fingerprint density at radius 2 is 1.67 bits per heavy atom. The van der Waals surface area contributed by atoms with E-state index in [0.29, 0.717) is 18.4 Å². The van der Waals surface area contributed by atoms with Gasteiger partial charge in [-0.15, -0.1) is 0 Å². The first kappa shape index (κ1) is 26.9. The number of aliphatic hydroxyl groups is 3. The van der Waals surface area contributed by atoms with Crippen LogP contribution in [0, 0.1) is 11.8 Å². The van der Waals surface area contributed by atoms with Crippen LogP contribution in [0.15, 0.2) is 59.1 Å². The highest BCUT2D eigenvalue weighted by Crippen LogP contribution is 2.51. The quantitative estimate of drug-likeness (QED) is 0.284. The standard InChI is InChI=1S/C30H33NO7Si/c1-39(2,3)19-9-5-15(6-10-19)4-7-16-8-11-21(32)24-20(16)13-17-12-18-14-22(33)25(29(31)37)28(36)30(18,38)27(35)23(17)26(24)34/h5-6,8-11,17-18,32-33,35,38H,4,7,12-14H2,1-3H3,(H2,31,37)/t17-,18+,30+/m1/s1. The summed E-state index contributed by atoms with van der Waals surface area (Å²) >= 11 is 0. The van der Waals surface area contributed by atoms with Crippen molar-refractivity contribution >= 4 is 30.7 Å². The van der Waals surface area contributed by atoms with Gasteiger partial charge >= 0.3 is 0 Å². The van der Waals surface area contributed by atoms with Crippen molar-refractivity contribution in [2.45, 2.75) is 57.3 Å². The summed E-state index contributed by atoms with van der Waals surface area (Å²) in [5, 5.41) is 44.9. The molecule has 6 N–H and O–H groups in total. The van der Waals surface area contributed by atoms with Gasteiger partial charge in [0, 0.05) is 17.9 Å². The summed E-state index contributed by atoms with van der Waals surface area (Å²) in [6.45, 7) is 6.89. The molecule has 1 amide bonds. The largest absolute Gasteiger partial charge is 0.511 e. The third-order valence-electron chi connectivity index (χ3n) is 8.55. The maximum atomic E-state index is 13.7. The molecule has 0 bridgehead atoms. The number of carbonyl (C=O) groups excluding carboxylic acids is 3. The van der Waals surface area contributed by atoms with Gasteiger partial charge < -0.3 is 26.2 Å². The number of aliphatic hydroxyl groups excluding tert-OH is 2. The third-order valence-corrected chi connectivity index (χ3v) is 10.6. The average Bonchev–Trinajstić information content (AvgIpc) is 2.85. The number of amides is 1. The Balaban J connectivity index is 1.50. The second kappa shape index (κ2) is 9.20. The molecule has 0 unspecified atom stereocenters. The number of primary amides is 1. The van der Waals surface area contributed by atoms with Gasteiger partial charge in [-0.1, -0.05) is 55.2 Å². The predicted molar refractivity (Wildman–Crippen MR) is 148 cm³/mol. The van der Waals surface area contributed by atoms with Gasteiger partial charge in [0.15, 0.2) is 11.4 Å². The van der Waals surface area contributed by atoms with E-state index in [2.05, 4.69) is 43.9 Å². The Hall–Kier alpha value is -3.69. The van der Waals surface area contributed by atoms with Gasteiger partial charge in [0.05, 0.1) is 13.6 Å². The Kier molecular flexibility index (Phi) is 6.35. The highest BCUT2D eigenvalue weighted by molar-refractivity contribution is 6.88. The van der Waals surface area contributed by atoms with E-state index in [1.165, 1.54) is 11.3 Å². The summed E-state index contributed by atoms with van der Waals surface area (Å²) in [4.78, 5) is 38.6. The Morgan fingerprint density at radius 3 is 2.28 bits per heavy atom. The number of Topliss-reactive ketones (excluding diaryl/α,β-unsaturated/α-hetero) is 2. The van der Waals surface area contributed by atoms with Crippen LogP contribution >= 0.6 is 0 Å².